The zero-order valence-electron chi connectivity index (χ0n) is 8.33. The van der Waals surface area contributed by atoms with Crippen LogP contribution in [0.15, 0.2) is 24.3 Å². The van der Waals surface area contributed by atoms with E-state index in [1.807, 2.05) is 0 Å². The minimum atomic E-state index is -1.07. The molecule has 1 heterocycles. The van der Waals surface area contributed by atoms with Gasteiger partial charge in [-0.1, -0.05) is 12.1 Å². The van der Waals surface area contributed by atoms with Gasteiger partial charge in [-0.25, -0.2) is 9.59 Å². The van der Waals surface area contributed by atoms with E-state index in [-0.39, 0.29) is 13.1 Å². The zero-order chi connectivity index (χ0) is 11.7. The summed E-state index contributed by atoms with van der Waals surface area (Å²) in [5, 5.41) is 17.9. The zero-order valence-corrected chi connectivity index (χ0v) is 8.33. The van der Waals surface area contributed by atoms with Crippen molar-refractivity contribution in [3.63, 3.8) is 0 Å². The van der Waals surface area contributed by atoms with Gasteiger partial charge in [-0.05, 0) is 12.1 Å². The SMILES string of the molecule is O=C(O)N1CCN(C(=O)O)c2ccccc21. The van der Waals surface area contributed by atoms with Crippen molar-refractivity contribution in [2.45, 2.75) is 0 Å². The molecule has 16 heavy (non-hydrogen) atoms. The first-order valence-corrected chi connectivity index (χ1v) is 4.71. The number of nitrogens with zero attached hydrogens (tertiary/aromatic N) is 2. The number of hydrogen-bond donors (Lipinski definition) is 2. The maximum atomic E-state index is 11.0. The second-order valence-corrected chi connectivity index (χ2v) is 3.36. The first-order valence-electron chi connectivity index (χ1n) is 4.71. The lowest BCUT2D eigenvalue weighted by molar-refractivity contribution is 0.196. The summed E-state index contributed by atoms with van der Waals surface area (Å²) in [4.78, 5) is 24.2. The number of amides is 2. The third-order valence-electron chi connectivity index (χ3n) is 2.47. The summed E-state index contributed by atoms with van der Waals surface area (Å²) in [6.45, 7) is 0.303. The molecule has 1 aromatic carbocycles. The first-order chi connectivity index (χ1) is 7.61. The Morgan fingerprint density at radius 2 is 1.31 bits per heavy atom. The average molecular weight is 222 g/mol. The Balaban J connectivity index is 2.48. The lowest BCUT2D eigenvalue weighted by atomic mass is 10.2. The highest BCUT2D eigenvalue weighted by Crippen LogP contribution is 2.32. The lowest BCUT2D eigenvalue weighted by Gasteiger charge is -2.33. The molecular formula is C10H10N2O4. The van der Waals surface area contributed by atoms with Crippen LogP contribution in [0.2, 0.25) is 0 Å². The number of carboxylic acid groups (broad SMARTS) is 2. The summed E-state index contributed by atoms with van der Waals surface area (Å²) in [5.41, 5.74) is 0.812. The molecule has 0 unspecified atom stereocenters. The number of carbonyl (C=O) groups is 2. The largest absolute Gasteiger partial charge is 0.465 e. The molecular weight excluding hydrogens is 212 g/mol. The van der Waals surface area contributed by atoms with Crippen molar-refractivity contribution in [2.24, 2.45) is 0 Å². The maximum absolute atomic E-state index is 11.0. The number of rotatable bonds is 0. The van der Waals surface area contributed by atoms with Gasteiger partial charge in [0.05, 0.1) is 11.4 Å². The summed E-state index contributed by atoms with van der Waals surface area (Å²) in [6.07, 6.45) is -2.14. The van der Waals surface area contributed by atoms with Crippen LogP contribution in [0.4, 0.5) is 21.0 Å². The van der Waals surface area contributed by atoms with E-state index in [0.717, 1.165) is 9.80 Å². The molecule has 6 heteroatoms. The van der Waals surface area contributed by atoms with Gasteiger partial charge in [-0.15, -0.1) is 0 Å². The third-order valence-corrected chi connectivity index (χ3v) is 2.47. The van der Waals surface area contributed by atoms with E-state index in [4.69, 9.17) is 10.2 Å². The molecule has 0 radical (unpaired) electrons. The van der Waals surface area contributed by atoms with Crippen LogP contribution in [0.1, 0.15) is 0 Å². The van der Waals surface area contributed by atoms with Crippen molar-refractivity contribution in [3.8, 4) is 0 Å². The van der Waals surface area contributed by atoms with Gasteiger partial charge in [0.25, 0.3) is 0 Å². The first kappa shape index (κ1) is 10.3. The molecule has 2 N–H and O–H groups in total. The third kappa shape index (κ3) is 1.54. The summed E-state index contributed by atoms with van der Waals surface area (Å²) in [6, 6.07) is 6.55. The van der Waals surface area contributed by atoms with Gasteiger partial charge in [-0.2, -0.15) is 0 Å². The van der Waals surface area contributed by atoms with Crippen LogP contribution < -0.4 is 9.80 Å². The van der Waals surface area contributed by atoms with Gasteiger partial charge < -0.3 is 10.2 Å². The number of benzene rings is 1. The van der Waals surface area contributed by atoms with E-state index >= 15 is 0 Å². The molecule has 0 saturated heterocycles. The number of hydrogen-bond acceptors (Lipinski definition) is 2. The molecule has 1 aliphatic rings. The molecule has 84 valence electrons. The highest BCUT2D eigenvalue weighted by molar-refractivity contribution is 5.98. The van der Waals surface area contributed by atoms with Crippen molar-refractivity contribution in [1.29, 1.82) is 0 Å². The van der Waals surface area contributed by atoms with Crippen molar-refractivity contribution in [1.82, 2.24) is 0 Å². The fourth-order valence-electron chi connectivity index (χ4n) is 1.76. The summed E-state index contributed by atoms with van der Waals surface area (Å²) in [5.74, 6) is 0. The molecule has 0 aromatic heterocycles. The van der Waals surface area contributed by atoms with Crippen LogP contribution in [0.5, 0.6) is 0 Å². The maximum Gasteiger partial charge on any atom is 0.411 e. The Hall–Kier alpha value is -2.24. The second kappa shape index (κ2) is 3.73. The van der Waals surface area contributed by atoms with Crippen LogP contribution in [0.25, 0.3) is 0 Å². The van der Waals surface area contributed by atoms with Crippen LogP contribution in [-0.4, -0.2) is 35.5 Å². The molecule has 1 aliphatic heterocycles. The van der Waals surface area contributed by atoms with Crippen molar-refractivity contribution in [3.05, 3.63) is 24.3 Å². The molecule has 0 aliphatic carbocycles. The molecule has 0 bridgehead atoms. The monoisotopic (exact) mass is 222 g/mol. The van der Waals surface area contributed by atoms with Gasteiger partial charge in [0, 0.05) is 13.1 Å². The highest BCUT2D eigenvalue weighted by Gasteiger charge is 2.29. The van der Waals surface area contributed by atoms with E-state index in [1.165, 1.54) is 0 Å². The van der Waals surface area contributed by atoms with Gasteiger partial charge in [0.1, 0.15) is 0 Å². The van der Waals surface area contributed by atoms with Gasteiger partial charge in [0.2, 0.25) is 0 Å². The van der Waals surface area contributed by atoms with Crippen LogP contribution in [-0.2, 0) is 0 Å². The molecule has 0 saturated carbocycles. The van der Waals surface area contributed by atoms with Crippen LogP contribution in [0, 0.1) is 0 Å². The summed E-state index contributed by atoms with van der Waals surface area (Å²) < 4.78 is 0. The fraction of sp³-hybridized carbons (Fsp3) is 0.200. The van der Waals surface area contributed by atoms with E-state index in [9.17, 15) is 9.59 Å². The lowest BCUT2D eigenvalue weighted by Crippen LogP contribution is -2.45. The summed E-state index contributed by atoms with van der Waals surface area (Å²) >= 11 is 0. The number of anilines is 2. The topological polar surface area (TPSA) is 81.1 Å². The molecule has 6 nitrogen and oxygen atoms in total. The van der Waals surface area contributed by atoms with Gasteiger partial charge in [-0.3, -0.25) is 9.80 Å². The quantitative estimate of drug-likeness (QED) is 0.699. The molecule has 2 amide bonds. The van der Waals surface area contributed by atoms with Crippen LogP contribution in [0.3, 0.4) is 0 Å². The number of fused-ring (bicyclic) bond motifs is 1. The Morgan fingerprint density at radius 3 is 1.62 bits per heavy atom. The molecule has 0 atom stereocenters. The summed E-state index contributed by atoms with van der Waals surface area (Å²) in [7, 11) is 0. The normalized spacial score (nSPS) is 14.5. The van der Waals surface area contributed by atoms with Crippen molar-refractivity contribution >= 4 is 23.6 Å². The standard InChI is InChI=1S/C10H10N2O4/c13-9(14)11-5-6-12(10(15)16)8-4-2-1-3-7(8)11/h1-4H,5-6H2,(H,13,14)(H,15,16). The van der Waals surface area contributed by atoms with Crippen LogP contribution >= 0.6 is 0 Å². The Kier molecular flexibility index (Phi) is 2.40. The Morgan fingerprint density at radius 1 is 0.938 bits per heavy atom. The number of para-hydroxylation sites is 2. The minimum absolute atomic E-state index is 0.151. The van der Waals surface area contributed by atoms with Gasteiger partial charge >= 0.3 is 12.2 Å². The Labute approximate surface area is 91.3 Å². The fourth-order valence-corrected chi connectivity index (χ4v) is 1.76. The second-order valence-electron chi connectivity index (χ2n) is 3.36. The predicted molar refractivity (Wildman–Crippen MR) is 57.2 cm³/mol. The molecule has 1 aromatic rings. The molecule has 0 fully saturated rings. The van der Waals surface area contributed by atoms with E-state index in [2.05, 4.69) is 0 Å². The minimum Gasteiger partial charge on any atom is -0.465 e. The predicted octanol–water partition coefficient (Wildman–Crippen LogP) is 1.67. The smallest absolute Gasteiger partial charge is 0.411 e. The Bertz CT molecular complexity index is 405. The van der Waals surface area contributed by atoms with Crippen molar-refractivity contribution in [2.75, 3.05) is 22.9 Å². The molecule has 2 rings (SSSR count). The molecule has 0 spiro atoms. The van der Waals surface area contributed by atoms with E-state index in [1.54, 1.807) is 24.3 Å². The average Bonchev–Trinajstić information content (AvgIpc) is 2.27. The van der Waals surface area contributed by atoms with Gasteiger partial charge in [0.15, 0.2) is 0 Å². The van der Waals surface area contributed by atoms with E-state index in [0.29, 0.717) is 11.4 Å². The van der Waals surface area contributed by atoms with Crippen molar-refractivity contribution < 1.29 is 19.8 Å². The van der Waals surface area contributed by atoms with E-state index < -0.39 is 12.2 Å². The highest BCUT2D eigenvalue weighted by atomic mass is 16.4.